The van der Waals surface area contributed by atoms with E-state index in [0.29, 0.717) is 13.2 Å². The van der Waals surface area contributed by atoms with Gasteiger partial charge in [0.2, 0.25) is 0 Å². The first-order chi connectivity index (χ1) is 16.8. The number of carboxylic acids is 1. The molecule has 0 spiro atoms. The van der Waals surface area contributed by atoms with E-state index in [-0.39, 0.29) is 16.4 Å². The fourth-order valence-electron chi connectivity index (χ4n) is 12.4. The van der Waals surface area contributed by atoms with Gasteiger partial charge >= 0.3 is 5.97 Å². The van der Waals surface area contributed by atoms with Crippen molar-refractivity contribution in [2.24, 2.45) is 64.1 Å². The molecule has 0 aromatic heterocycles. The number of carboxylic acid groups (broad SMARTS) is 1. The number of hydrogen-bond acceptors (Lipinski definition) is 4. The van der Waals surface area contributed by atoms with Gasteiger partial charge in [-0.2, -0.15) is 0 Å². The van der Waals surface area contributed by atoms with Gasteiger partial charge in [0, 0.05) is 30.1 Å². The van der Waals surface area contributed by atoms with Crippen LogP contribution in [0.3, 0.4) is 0 Å². The lowest BCUT2D eigenvalue weighted by Gasteiger charge is -2.46. The van der Waals surface area contributed by atoms with Crippen molar-refractivity contribution in [1.82, 2.24) is 0 Å². The van der Waals surface area contributed by atoms with Gasteiger partial charge < -0.3 is 20.4 Å². The summed E-state index contributed by atoms with van der Waals surface area (Å²) in [4.78, 5) is 9.25. The van der Waals surface area contributed by atoms with Crippen LogP contribution in [0, 0.1) is 64.1 Å². The van der Waals surface area contributed by atoms with Crippen LogP contribution in [0.1, 0.15) is 83.5 Å². The molecular weight excluding hydrogens is 440 g/mol. The van der Waals surface area contributed by atoms with Crippen molar-refractivity contribution in [2.45, 2.75) is 89.1 Å². The Kier molecular flexibility index (Phi) is 5.97. The summed E-state index contributed by atoms with van der Waals surface area (Å²) >= 11 is 0. The van der Waals surface area contributed by atoms with Gasteiger partial charge in [0.1, 0.15) is 0 Å². The number of carbonyl (C=O) groups is 1. The highest BCUT2D eigenvalue weighted by atomic mass is 16.4. The van der Waals surface area contributed by atoms with Gasteiger partial charge in [-0.3, -0.25) is 0 Å². The lowest BCUT2D eigenvalue weighted by molar-refractivity contribution is -0.131. The van der Waals surface area contributed by atoms with Crippen molar-refractivity contribution in [1.29, 1.82) is 0 Å². The van der Waals surface area contributed by atoms with Gasteiger partial charge in [-0.05, 0) is 124 Å². The Labute approximate surface area is 210 Å². The molecule has 0 aliphatic heterocycles. The lowest BCUT2D eigenvalue weighted by Crippen LogP contribution is -2.47. The molecule has 0 heterocycles. The molecular formula is C30H46O5. The van der Waals surface area contributed by atoms with E-state index in [1.54, 1.807) is 0 Å². The molecule has 5 nitrogen and oxygen atoms in total. The third kappa shape index (κ3) is 3.19. The Hall–Kier alpha value is -0.910. The van der Waals surface area contributed by atoms with Crippen LogP contribution in [-0.4, -0.2) is 45.2 Å². The molecule has 4 N–H and O–H groups in total. The Morgan fingerprint density at radius 2 is 1.60 bits per heavy atom. The summed E-state index contributed by atoms with van der Waals surface area (Å²) in [5.74, 6) is 6.82. The Morgan fingerprint density at radius 3 is 2.31 bits per heavy atom. The van der Waals surface area contributed by atoms with Crippen LogP contribution in [0.5, 0.6) is 0 Å². The molecule has 0 amide bonds. The smallest absolute Gasteiger partial charge is 0.327 e. The maximum Gasteiger partial charge on any atom is 0.327 e. The molecule has 8 aliphatic rings. The van der Waals surface area contributed by atoms with Crippen molar-refractivity contribution in [3.63, 3.8) is 0 Å². The molecule has 0 radical (unpaired) electrons. The zero-order valence-corrected chi connectivity index (χ0v) is 21.3. The molecule has 8 fully saturated rings. The highest BCUT2D eigenvalue weighted by Crippen LogP contribution is 2.74. The van der Waals surface area contributed by atoms with Crippen molar-refractivity contribution in [3.8, 4) is 0 Å². The Bertz CT molecular complexity index is 858. The highest BCUT2D eigenvalue weighted by Gasteiger charge is 2.72. The Morgan fingerprint density at radius 1 is 0.857 bits per heavy atom. The molecule has 5 heteroatoms. The van der Waals surface area contributed by atoms with E-state index < -0.39 is 5.97 Å². The molecule has 6 bridgehead atoms. The van der Waals surface area contributed by atoms with Crippen LogP contribution in [-0.2, 0) is 4.79 Å². The predicted octanol–water partition coefficient (Wildman–Crippen LogP) is 4.64. The van der Waals surface area contributed by atoms with Crippen molar-refractivity contribution in [3.05, 3.63) is 12.7 Å². The number of hydrogen-bond donors (Lipinski definition) is 4. The van der Waals surface area contributed by atoms with Gasteiger partial charge in [-0.25, -0.2) is 4.79 Å². The molecule has 8 saturated carbocycles. The standard InChI is InChI=1S/C15H22O.C12H20O2.C3H4O2/c16-15-7-11(10-2-1-3-12(10)15)13-8-4-5-9(6-8)14(13)15;13-7-11-5-3-9(6-11)10-2-1-4-12(10,11)8-14;1-2-3(4)5/h8-14,16H,1-7H2;9-10,13-14H,1-8H2;2H,1H2,(H,4,5). The number of aliphatic hydroxyl groups excluding tert-OH is 2. The number of aliphatic carboxylic acids is 1. The number of rotatable bonds is 3. The number of fused-ring (bicyclic) bond motifs is 17. The first-order valence-electron chi connectivity index (χ1n) is 14.6. The average Bonchev–Trinajstić information content (AvgIpc) is 3.70. The molecule has 0 saturated heterocycles. The van der Waals surface area contributed by atoms with E-state index >= 15 is 0 Å². The second kappa shape index (κ2) is 8.56. The van der Waals surface area contributed by atoms with Crippen LogP contribution in [0.25, 0.3) is 0 Å². The SMILES string of the molecule is C=CC(=O)O.OC12CC(C3CCCC31)C1C3CCC(C3)C12.OCC12CCC(C1)C1CCCC12CO. The van der Waals surface area contributed by atoms with Gasteiger partial charge in [0.05, 0.1) is 5.60 Å². The van der Waals surface area contributed by atoms with Crippen LogP contribution in [0.15, 0.2) is 12.7 Å². The predicted molar refractivity (Wildman–Crippen MR) is 133 cm³/mol. The van der Waals surface area contributed by atoms with Crippen LogP contribution in [0.2, 0.25) is 0 Å². The van der Waals surface area contributed by atoms with Gasteiger partial charge in [-0.1, -0.05) is 19.4 Å². The van der Waals surface area contributed by atoms with Crippen molar-refractivity contribution < 1.29 is 25.2 Å². The molecule has 0 aromatic carbocycles. The van der Waals surface area contributed by atoms with Crippen LogP contribution < -0.4 is 0 Å². The van der Waals surface area contributed by atoms with E-state index in [1.807, 2.05) is 0 Å². The van der Waals surface area contributed by atoms with Crippen LogP contribution >= 0.6 is 0 Å². The molecule has 12 unspecified atom stereocenters. The van der Waals surface area contributed by atoms with E-state index in [2.05, 4.69) is 6.58 Å². The molecule has 35 heavy (non-hydrogen) atoms. The van der Waals surface area contributed by atoms with Gasteiger partial charge in [0.15, 0.2) is 0 Å². The van der Waals surface area contributed by atoms with E-state index in [9.17, 15) is 20.1 Å². The quantitative estimate of drug-likeness (QED) is 0.344. The summed E-state index contributed by atoms with van der Waals surface area (Å²) in [6, 6.07) is 0. The molecule has 12 atom stereocenters. The summed E-state index contributed by atoms with van der Waals surface area (Å²) in [5, 5.41) is 38.2. The van der Waals surface area contributed by atoms with E-state index in [4.69, 9.17) is 5.11 Å². The zero-order valence-electron chi connectivity index (χ0n) is 21.3. The lowest BCUT2D eigenvalue weighted by atomic mass is 9.60. The molecule has 196 valence electrons. The minimum absolute atomic E-state index is 0.105. The normalized spacial score (nSPS) is 55.0. The second-order valence-corrected chi connectivity index (χ2v) is 13.8. The highest BCUT2D eigenvalue weighted by molar-refractivity contribution is 5.78. The summed E-state index contributed by atoms with van der Waals surface area (Å²) in [5.41, 5.74) is 0.0363. The molecule has 8 rings (SSSR count). The zero-order chi connectivity index (χ0) is 24.6. The summed E-state index contributed by atoms with van der Waals surface area (Å²) in [7, 11) is 0. The van der Waals surface area contributed by atoms with Crippen molar-refractivity contribution >= 4 is 5.97 Å². The van der Waals surface area contributed by atoms with Crippen molar-refractivity contribution in [2.75, 3.05) is 13.2 Å². The summed E-state index contributed by atoms with van der Waals surface area (Å²) < 4.78 is 0. The minimum Gasteiger partial charge on any atom is -0.478 e. The molecule has 8 aliphatic carbocycles. The molecule has 0 aromatic rings. The monoisotopic (exact) mass is 486 g/mol. The first-order valence-corrected chi connectivity index (χ1v) is 14.6. The fourth-order valence-corrected chi connectivity index (χ4v) is 12.4. The third-order valence-corrected chi connectivity index (χ3v) is 13.3. The van der Waals surface area contributed by atoms with Gasteiger partial charge in [-0.15, -0.1) is 0 Å². The van der Waals surface area contributed by atoms with Gasteiger partial charge in [0.25, 0.3) is 0 Å². The maximum atomic E-state index is 11.2. The fraction of sp³-hybridized carbons (Fsp3) is 0.900. The topological polar surface area (TPSA) is 98.0 Å². The van der Waals surface area contributed by atoms with Crippen LogP contribution in [0.4, 0.5) is 0 Å². The second-order valence-electron chi connectivity index (χ2n) is 13.8. The minimum atomic E-state index is -0.981. The largest absolute Gasteiger partial charge is 0.478 e. The maximum absolute atomic E-state index is 11.2. The van der Waals surface area contributed by atoms with E-state index in [0.717, 1.165) is 72.2 Å². The summed E-state index contributed by atoms with van der Waals surface area (Å²) in [6.45, 7) is 3.58. The Balaban J connectivity index is 0.000000111. The third-order valence-electron chi connectivity index (χ3n) is 13.3. The first kappa shape index (κ1) is 24.4. The summed E-state index contributed by atoms with van der Waals surface area (Å²) in [6.07, 6.45) is 18.0. The van der Waals surface area contributed by atoms with E-state index in [1.165, 1.54) is 70.6 Å². The average molecular weight is 487 g/mol. The number of aliphatic hydroxyl groups is 3.